The number of hydrogen-bond donors (Lipinski definition) is 0. The Balaban J connectivity index is 1.65. The minimum Gasteiger partial charge on any atom is -0.300 e. The highest BCUT2D eigenvalue weighted by Crippen LogP contribution is 2.21. The molecule has 7 nitrogen and oxygen atoms in total. The van der Waals surface area contributed by atoms with Crippen LogP contribution in [0.1, 0.15) is 31.2 Å². The van der Waals surface area contributed by atoms with Gasteiger partial charge in [-0.25, -0.2) is 13.1 Å². The van der Waals surface area contributed by atoms with E-state index in [0.717, 1.165) is 11.4 Å². The van der Waals surface area contributed by atoms with Crippen LogP contribution in [0.5, 0.6) is 0 Å². The molecule has 2 aromatic rings. The Bertz CT molecular complexity index is 1010. The molecule has 0 spiro atoms. The zero-order valence-corrected chi connectivity index (χ0v) is 18.9. The number of benzene rings is 1. The quantitative estimate of drug-likeness (QED) is 0.494. The van der Waals surface area contributed by atoms with Crippen LogP contribution in [0.2, 0.25) is 0 Å². The molecule has 0 aliphatic carbocycles. The molecule has 0 amide bonds. The van der Waals surface area contributed by atoms with E-state index in [2.05, 4.69) is 30.4 Å². The topological polar surface area (TPSA) is 63.4 Å². The van der Waals surface area contributed by atoms with E-state index < -0.39 is 10.0 Å². The Morgan fingerprint density at radius 3 is 2.34 bits per heavy atom. The molecule has 1 saturated heterocycles. The van der Waals surface area contributed by atoms with E-state index in [1.165, 1.54) is 0 Å². The number of aromatic nitrogens is 3. The first-order valence-corrected chi connectivity index (χ1v) is 11.7. The minimum absolute atomic E-state index is 0.358. The van der Waals surface area contributed by atoms with Gasteiger partial charge in [0.05, 0.1) is 11.6 Å². The van der Waals surface area contributed by atoms with Crippen LogP contribution in [0, 0.1) is 11.7 Å². The summed E-state index contributed by atoms with van der Waals surface area (Å²) in [5.41, 5.74) is 1.14. The number of nitrogens with zero attached hydrogens (tertiary/aromatic N) is 5. The second-order valence-corrected chi connectivity index (χ2v) is 9.92. The average molecular weight is 436 g/mol. The molecular formula is C20H29N5O2S2. The molecule has 158 valence electrons. The van der Waals surface area contributed by atoms with Crippen LogP contribution in [-0.2, 0) is 23.2 Å². The van der Waals surface area contributed by atoms with Crippen molar-refractivity contribution in [2.24, 2.45) is 0 Å². The zero-order chi connectivity index (χ0) is 21.2. The first-order valence-electron chi connectivity index (χ1n) is 9.81. The smallest absolute Gasteiger partial charge is 0.243 e. The predicted octanol–water partition coefficient (Wildman–Crippen LogP) is 3.00. The fourth-order valence-electron chi connectivity index (χ4n) is 3.46. The fraction of sp³-hybridized carbons (Fsp3) is 0.500. The highest BCUT2D eigenvalue weighted by Gasteiger charge is 2.28. The highest BCUT2D eigenvalue weighted by atomic mass is 32.2. The summed E-state index contributed by atoms with van der Waals surface area (Å²) in [5.74, 6) is 1.22. The summed E-state index contributed by atoms with van der Waals surface area (Å²) in [5, 5.41) is 4.51. The minimum atomic E-state index is -3.47. The van der Waals surface area contributed by atoms with E-state index in [9.17, 15) is 8.42 Å². The normalized spacial score (nSPS) is 16.4. The van der Waals surface area contributed by atoms with Gasteiger partial charge in [-0.15, -0.1) is 6.58 Å². The van der Waals surface area contributed by atoms with Gasteiger partial charge in [0, 0.05) is 32.7 Å². The van der Waals surface area contributed by atoms with Crippen LogP contribution < -0.4 is 0 Å². The lowest BCUT2D eigenvalue weighted by molar-refractivity contribution is 0.144. The van der Waals surface area contributed by atoms with Crippen molar-refractivity contribution in [3.05, 3.63) is 53.1 Å². The van der Waals surface area contributed by atoms with Crippen LogP contribution in [0.4, 0.5) is 0 Å². The van der Waals surface area contributed by atoms with E-state index in [-0.39, 0.29) is 0 Å². The van der Waals surface area contributed by atoms with E-state index >= 15 is 0 Å². The summed E-state index contributed by atoms with van der Waals surface area (Å²) in [6, 6.07) is 7.23. The monoisotopic (exact) mass is 435 g/mol. The lowest BCUT2D eigenvalue weighted by Gasteiger charge is -2.33. The third-order valence-electron chi connectivity index (χ3n) is 5.27. The van der Waals surface area contributed by atoms with Crippen molar-refractivity contribution in [3.8, 4) is 0 Å². The summed E-state index contributed by atoms with van der Waals surface area (Å²) in [6.45, 7) is 13.2. The van der Waals surface area contributed by atoms with E-state index in [1.807, 2.05) is 23.6 Å². The van der Waals surface area contributed by atoms with Gasteiger partial charge in [-0.1, -0.05) is 32.1 Å². The fourth-order valence-corrected chi connectivity index (χ4v) is 5.18. The van der Waals surface area contributed by atoms with Crippen molar-refractivity contribution < 1.29 is 8.42 Å². The van der Waals surface area contributed by atoms with E-state index in [0.29, 0.717) is 55.0 Å². The lowest BCUT2D eigenvalue weighted by Crippen LogP contribution is -2.48. The first kappa shape index (κ1) is 21.9. The maximum absolute atomic E-state index is 13.0. The van der Waals surface area contributed by atoms with Crippen LogP contribution in [-0.4, -0.2) is 58.1 Å². The molecule has 1 aromatic heterocycles. The maximum atomic E-state index is 13.0. The van der Waals surface area contributed by atoms with Gasteiger partial charge in [0.1, 0.15) is 5.82 Å². The van der Waals surface area contributed by atoms with Crippen molar-refractivity contribution in [3.63, 3.8) is 0 Å². The van der Waals surface area contributed by atoms with Gasteiger partial charge in [-0.05, 0) is 42.8 Å². The van der Waals surface area contributed by atoms with Gasteiger partial charge in [0.25, 0.3) is 0 Å². The predicted molar refractivity (Wildman–Crippen MR) is 117 cm³/mol. The molecule has 2 heterocycles. The van der Waals surface area contributed by atoms with Crippen molar-refractivity contribution in [1.29, 1.82) is 0 Å². The van der Waals surface area contributed by atoms with E-state index in [1.54, 1.807) is 27.2 Å². The summed E-state index contributed by atoms with van der Waals surface area (Å²) < 4.78 is 31.9. The molecule has 0 bridgehead atoms. The van der Waals surface area contributed by atoms with Gasteiger partial charge < -0.3 is 4.57 Å². The molecule has 1 aliphatic rings. The number of rotatable bonds is 7. The number of allylic oxidation sites excluding steroid dienone is 1. The molecule has 29 heavy (non-hydrogen) atoms. The third-order valence-corrected chi connectivity index (χ3v) is 7.61. The average Bonchev–Trinajstić information content (AvgIpc) is 2.96. The molecule has 0 radical (unpaired) electrons. The van der Waals surface area contributed by atoms with Crippen molar-refractivity contribution in [2.75, 3.05) is 26.2 Å². The van der Waals surface area contributed by atoms with Crippen LogP contribution >= 0.6 is 12.2 Å². The van der Waals surface area contributed by atoms with Crippen molar-refractivity contribution in [1.82, 2.24) is 23.6 Å². The Kier molecular flexibility index (Phi) is 6.72. The van der Waals surface area contributed by atoms with Crippen molar-refractivity contribution >= 4 is 22.2 Å². The second-order valence-electron chi connectivity index (χ2n) is 7.62. The molecule has 1 fully saturated rings. The second kappa shape index (κ2) is 8.91. The van der Waals surface area contributed by atoms with Gasteiger partial charge in [-0.3, -0.25) is 4.90 Å². The molecule has 9 heteroatoms. The third kappa shape index (κ3) is 4.69. The van der Waals surface area contributed by atoms with Crippen LogP contribution in [0.15, 0.2) is 41.8 Å². The molecule has 1 aliphatic heterocycles. The number of hydrogen-bond acceptors (Lipinski definition) is 5. The molecule has 0 unspecified atom stereocenters. The van der Waals surface area contributed by atoms with Crippen LogP contribution in [0.3, 0.4) is 0 Å². The molecule has 0 N–H and O–H groups in total. The Morgan fingerprint density at radius 1 is 1.17 bits per heavy atom. The molecule has 0 atom stereocenters. The van der Waals surface area contributed by atoms with Crippen molar-refractivity contribution in [2.45, 2.75) is 44.8 Å². The van der Waals surface area contributed by atoms with Gasteiger partial charge >= 0.3 is 0 Å². The van der Waals surface area contributed by atoms with Gasteiger partial charge in [-0.2, -0.15) is 9.40 Å². The van der Waals surface area contributed by atoms with Gasteiger partial charge in [0.15, 0.2) is 4.77 Å². The van der Waals surface area contributed by atoms with Crippen LogP contribution in [0.25, 0.3) is 0 Å². The zero-order valence-electron chi connectivity index (χ0n) is 17.3. The summed E-state index contributed by atoms with van der Waals surface area (Å²) >= 11 is 5.50. The Labute approximate surface area is 178 Å². The molecule has 1 aromatic carbocycles. The Hall–Kier alpha value is -1.81. The summed E-state index contributed by atoms with van der Waals surface area (Å²) in [7, 11) is -3.47. The molecule has 0 saturated carbocycles. The summed E-state index contributed by atoms with van der Waals surface area (Å²) in [4.78, 5) is 2.53. The Morgan fingerprint density at radius 2 is 1.79 bits per heavy atom. The maximum Gasteiger partial charge on any atom is 0.243 e. The SMILES string of the molecule is C=CCn1c(C)nn(CN2CCN(S(=O)(=O)c3ccc(C(C)C)cc3)CC2)c1=S. The number of sulfonamides is 1. The molecular weight excluding hydrogens is 406 g/mol. The number of aryl methyl sites for hydroxylation is 1. The largest absolute Gasteiger partial charge is 0.300 e. The first-order chi connectivity index (χ1) is 13.7. The van der Waals surface area contributed by atoms with Gasteiger partial charge in [0.2, 0.25) is 10.0 Å². The number of piperazine rings is 1. The highest BCUT2D eigenvalue weighted by molar-refractivity contribution is 7.89. The summed E-state index contributed by atoms with van der Waals surface area (Å²) in [6.07, 6.45) is 1.80. The van der Waals surface area contributed by atoms with E-state index in [4.69, 9.17) is 12.2 Å². The molecule has 3 rings (SSSR count). The standard InChI is InChI=1S/C20H29N5O2S2/c1-5-10-24-17(4)21-25(20(24)28)15-22-11-13-23(14-12-22)29(26,27)19-8-6-18(7-9-19)16(2)3/h5-9,16H,1,10-15H2,2-4H3. The lowest BCUT2D eigenvalue weighted by atomic mass is 10.0.